The van der Waals surface area contributed by atoms with E-state index in [1.54, 1.807) is 30.5 Å². The fourth-order valence-corrected chi connectivity index (χ4v) is 2.83. The van der Waals surface area contributed by atoms with Gasteiger partial charge >= 0.3 is 0 Å². The molecule has 1 aromatic heterocycles. The molecule has 6 nitrogen and oxygen atoms in total. The molecule has 0 spiro atoms. The van der Waals surface area contributed by atoms with Crippen LogP contribution in [0.4, 0.5) is 10.2 Å². The van der Waals surface area contributed by atoms with Gasteiger partial charge in [0.15, 0.2) is 5.84 Å². The Kier molecular flexibility index (Phi) is 10.6. The quantitative estimate of drug-likeness (QED) is 0.193. The third-order valence-corrected chi connectivity index (χ3v) is 4.07. The van der Waals surface area contributed by atoms with Gasteiger partial charge in [-0.2, -0.15) is 0 Å². The van der Waals surface area contributed by atoms with Crippen LogP contribution >= 0.6 is 0 Å². The molecule has 0 aliphatic carbocycles. The van der Waals surface area contributed by atoms with Crippen LogP contribution in [0.3, 0.4) is 0 Å². The second-order valence-electron chi connectivity index (χ2n) is 5.44. The van der Waals surface area contributed by atoms with Gasteiger partial charge in [-0.05, 0) is 24.3 Å². The van der Waals surface area contributed by atoms with Crippen molar-refractivity contribution in [2.24, 2.45) is 10.9 Å². The van der Waals surface area contributed by atoms with Crippen molar-refractivity contribution >= 4 is 33.5 Å². The lowest BCUT2D eigenvalue weighted by molar-refractivity contribution is 0.318. The van der Waals surface area contributed by atoms with E-state index in [1.807, 2.05) is 44.2 Å². The normalized spacial score (nSPS) is 11.0. The molecule has 1 unspecified atom stereocenters. The molecule has 0 amide bonds. The standard InChI is InChI=1S/C19H16N4O2S.C2H6.CH3F/c1-26(25)23-18-12-14(16-7-2-3-8-17(16)21-18)10-9-13-5-4-6-15(11-13)19(20)22-24;2*1-2/h2-8,11-12,24H,1H3,(H2,20,22)(H,21,23);1-2H3;1H3. The summed E-state index contributed by atoms with van der Waals surface area (Å²) in [5.74, 6) is 6.74. The maximum absolute atomic E-state index is 11.5. The molecule has 8 heteroatoms. The van der Waals surface area contributed by atoms with Crippen LogP contribution in [0, 0.1) is 11.8 Å². The number of aromatic nitrogens is 1. The van der Waals surface area contributed by atoms with Crippen molar-refractivity contribution in [2.75, 3.05) is 18.2 Å². The Morgan fingerprint density at radius 1 is 1.13 bits per heavy atom. The molecule has 0 aliphatic rings. The van der Waals surface area contributed by atoms with Gasteiger partial charge in [-0.15, -0.1) is 0 Å². The minimum Gasteiger partial charge on any atom is -0.409 e. The molecule has 0 aliphatic heterocycles. The summed E-state index contributed by atoms with van der Waals surface area (Å²) in [4.78, 5) is 4.45. The summed E-state index contributed by atoms with van der Waals surface area (Å²) in [5.41, 5.74) is 8.45. The smallest absolute Gasteiger partial charge is 0.170 e. The van der Waals surface area contributed by atoms with Crippen LogP contribution in [0.5, 0.6) is 0 Å². The number of nitrogens with two attached hydrogens (primary N) is 1. The summed E-state index contributed by atoms with van der Waals surface area (Å²) in [6, 6.07) is 16.5. The van der Waals surface area contributed by atoms with Crippen LogP contribution in [-0.2, 0) is 11.0 Å². The van der Waals surface area contributed by atoms with E-state index in [4.69, 9.17) is 10.9 Å². The van der Waals surface area contributed by atoms with E-state index in [0.717, 1.165) is 22.0 Å². The molecule has 2 aromatic carbocycles. The monoisotopic (exact) mass is 428 g/mol. The van der Waals surface area contributed by atoms with E-state index in [9.17, 15) is 8.60 Å². The molecule has 3 rings (SSSR count). The zero-order valence-corrected chi connectivity index (χ0v) is 18.1. The fraction of sp³-hybridized carbons (Fsp3) is 0.182. The molecule has 0 saturated heterocycles. The van der Waals surface area contributed by atoms with E-state index in [1.165, 1.54) is 0 Å². The van der Waals surface area contributed by atoms with Gasteiger partial charge in [0.1, 0.15) is 16.8 Å². The Balaban J connectivity index is 0.00000106. The maximum atomic E-state index is 11.5. The van der Waals surface area contributed by atoms with Crippen LogP contribution < -0.4 is 10.5 Å². The molecule has 0 fully saturated rings. The van der Waals surface area contributed by atoms with Crippen molar-refractivity contribution in [2.45, 2.75) is 13.8 Å². The number of benzene rings is 2. The van der Waals surface area contributed by atoms with Crippen molar-refractivity contribution in [3.8, 4) is 11.8 Å². The van der Waals surface area contributed by atoms with Crippen molar-refractivity contribution in [1.29, 1.82) is 0 Å². The second kappa shape index (κ2) is 12.9. The highest BCUT2D eigenvalue weighted by Gasteiger charge is 2.05. The van der Waals surface area contributed by atoms with Gasteiger partial charge in [0.25, 0.3) is 0 Å². The fourth-order valence-electron chi connectivity index (χ4n) is 2.43. The molecule has 4 N–H and O–H groups in total. The first-order valence-electron chi connectivity index (χ1n) is 9.04. The van der Waals surface area contributed by atoms with E-state index < -0.39 is 11.0 Å². The van der Waals surface area contributed by atoms with Crippen LogP contribution in [0.1, 0.15) is 30.5 Å². The van der Waals surface area contributed by atoms with Gasteiger partial charge in [0.05, 0.1) is 12.7 Å². The van der Waals surface area contributed by atoms with E-state index >= 15 is 0 Å². The first kappa shape index (κ1) is 24.6. The number of rotatable bonds is 3. The average Bonchev–Trinajstić information content (AvgIpc) is 2.79. The lowest BCUT2D eigenvalue weighted by atomic mass is 10.1. The van der Waals surface area contributed by atoms with Gasteiger partial charge in [0.2, 0.25) is 0 Å². The summed E-state index contributed by atoms with van der Waals surface area (Å²) < 4.78 is 23.8. The zero-order valence-electron chi connectivity index (χ0n) is 17.3. The lowest BCUT2D eigenvalue weighted by Gasteiger charge is -2.06. The SMILES string of the molecule is CC.CF.CS(=O)Nc1cc(C#Cc2cccc(/C(N)=N/O)c2)c2ccccc2n1. The lowest BCUT2D eigenvalue weighted by Crippen LogP contribution is -2.12. The van der Waals surface area contributed by atoms with Crippen molar-refractivity contribution < 1.29 is 13.8 Å². The number of halogens is 1. The van der Waals surface area contributed by atoms with Gasteiger partial charge in [-0.3, -0.25) is 9.11 Å². The topological polar surface area (TPSA) is 101 Å². The van der Waals surface area contributed by atoms with E-state index in [0.29, 0.717) is 18.6 Å². The largest absolute Gasteiger partial charge is 0.409 e. The highest BCUT2D eigenvalue weighted by Crippen LogP contribution is 2.20. The maximum Gasteiger partial charge on any atom is 0.170 e. The minimum absolute atomic E-state index is 0.0277. The van der Waals surface area contributed by atoms with Crippen LogP contribution in [0.15, 0.2) is 59.8 Å². The van der Waals surface area contributed by atoms with E-state index in [-0.39, 0.29) is 5.84 Å². The minimum atomic E-state index is -1.23. The summed E-state index contributed by atoms with van der Waals surface area (Å²) in [7, 11) is -0.729. The highest BCUT2D eigenvalue weighted by molar-refractivity contribution is 7.85. The molecule has 0 bridgehead atoms. The summed E-state index contributed by atoms with van der Waals surface area (Å²) in [6.07, 6.45) is 1.54. The number of pyridine rings is 1. The van der Waals surface area contributed by atoms with Gasteiger partial charge < -0.3 is 10.9 Å². The first-order valence-corrected chi connectivity index (χ1v) is 10.6. The number of anilines is 1. The Morgan fingerprint density at radius 2 is 1.83 bits per heavy atom. The van der Waals surface area contributed by atoms with Crippen molar-refractivity contribution in [3.63, 3.8) is 0 Å². The zero-order chi connectivity index (χ0) is 22.5. The average molecular weight is 429 g/mol. The molecule has 1 heterocycles. The predicted molar refractivity (Wildman–Crippen MR) is 123 cm³/mol. The number of nitrogens with zero attached hydrogens (tertiary/aromatic N) is 2. The third-order valence-electron chi connectivity index (χ3n) is 3.57. The molecule has 3 aromatic rings. The summed E-state index contributed by atoms with van der Waals surface area (Å²) in [6.45, 7) is 4.00. The second-order valence-corrected chi connectivity index (χ2v) is 6.56. The molecule has 0 radical (unpaired) electrons. The Morgan fingerprint density at radius 3 is 2.50 bits per heavy atom. The highest BCUT2D eigenvalue weighted by atomic mass is 32.2. The number of alkyl halides is 1. The molecular weight excluding hydrogens is 403 g/mol. The van der Waals surface area contributed by atoms with Crippen molar-refractivity contribution in [1.82, 2.24) is 4.98 Å². The number of amidine groups is 1. The van der Waals surface area contributed by atoms with Crippen molar-refractivity contribution in [3.05, 3.63) is 71.3 Å². The Labute approximate surface area is 178 Å². The first-order chi connectivity index (χ1) is 14.6. The molecular formula is C22H25FN4O2S. The Bertz CT molecular complexity index is 1090. The number of hydrogen-bond acceptors (Lipinski definition) is 4. The molecule has 158 valence electrons. The van der Waals surface area contributed by atoms with Crippen LogP contribution in [0.25, 0.3) is 10.9 Å². The molecule has 1 atom stereocenters. The number of nitrogens with one attached hydrogen (secondary N) is 1. The summed E-state index contributed by atoms with van der Waals surface area (Å²) >= 11 is 0. The van der Waals surface area contributed by atoms with Crippen LogP contribution in [-0.4, -0.2) is 33.7 Å². The predicted octanol–water partition coefficient (Wildman–Crippen LogP) is 4.05. The third kappa shape index (κ3) is 6.87. The Hall–Kier alpha value is -3.44. The summed E-state index contributed by atoms with van der Waals surface area (Å²) in [5, 5.41) is 12.7. The molecule has 0 saturated carbocycles. The van der Waals surface area contributed by atoms with Crippen LogP contribution in [0.2, 0.25) is 0 Å². The van der Waals surface area contributed by atoms with E-state index in [2.05, 4.69) is 26.7 Å². The van der Waals surface area contributed by atoms with Gasteiger partial charge in [-0.25, -0.2) is 9.19 Å². The number of oxime groups is 1. The number of para-hydroxylation sites is 1. The molecule has 30 heavy (non-hydrogen) atoms. The number of hydrogen-bond donors (Lipinski definition) is 3. The number of fused-ring (bicyclic) bond motifs is 1. The van der Waals surface area contributed by atoms with Gasteiger partial charge in [0, 0.05) is 28.3 Å². The van der Waals surface area contributed by atoms with Gasteiger partial charge in [-0.1, -0.05) is 61.2 Å².